The van der Waals surface area contributed by atoms with Gasteiger partial charge >= 0.3 is 0 Å². The summed E-state index contributed by atoms with van der Waals surface area (Å²) in [6.07, 6.45) is 1.25. The maximum atomic E-state index is 13.2. The molecule has 0 saturated carbocycles. The van der Waals surface area contributed by atoms with Crippen LogP contribution in [0.5, 0.6) is 0 Å². The SMILES string of the molecule is O=C(Nc1cc(F)cc(F)c1F)c1ccco1. The lowest BCUT2D eigenvalue weighted by Gasteiger charge is -2.05. The number of carbonyl (C=O) groups excluding carboxylic acids is 1. The van der Waals surface area contributed by atoms with Gasteiger partial charge < -0.3 is 9.73 Å². The molecule has 0 atom stereocenters. The third kappa shape index (κ3) is 2.30. The molecule has 0 spiro atoms. The van der Waals surface area contributed by atoms with Gasteiger partial charge in [-0.1, -0.05) is 0 Å². The highest BCUT2D eigenvalue weighted by Gasteiger charge is 2.15. The van der Waals surface area contributed by atoms with Gasteiger partial charge in [0.15, 0.2) is 17.4 Å². The Morgan fingerprint density at radius 1 is 1.24 bits per heavy atom. The lowest BCUT2D eigenvalue weighted by molar-refractivity contribution is 0.0996. The van der Waals surface area contributed by atoms with Gasteiger partial charge in [-0.3, -0.25) is 4.79 Å². The number of halogens is 3. The predicted octanol–water partition coefficient (Wildman–Crippen LogP) is 2.95. The molecule has 1 aromatic heterocycles. The number of benzene rings is 1. The van der Waals surface area contributed by atoms with Gasteiger partial charge in [0.2, 0.25) is 0 Å². The molecular formula is C11H6F3NO2. The molecule has 0 unspecified atom stereocenters. The van der Waals surface area contributed by atoms with Crippen LogP contribution < -0.4 is 5.32 Å². The number of hydrogen-bond acceptors (Lipinski definition) is 2. The largest absolute Gasteiger partial charge is 0.459 e. The Bertz CT molecular complexity index is 552. The summed E-state index contributed by atoms with van der Waals surface area (Å²) in [5, 5.41) is 2.01. The molecule has 0 fully saturated rings. The Labute approximate surface area is 93.9 Å². The van der Waals surface area contributed by atoms with E-state index in [4.69, 9.17) is 4.42 Å². The van der Waals surface area contributed by atoms with Crippen molar-refractivity contribution in [3.63, 3.8) is 0 Å². The summed E-state index contributed by atoms with van der Waals surface area (Å²) in [5.74, 6) is -4.57. The van der Waals surface area contributed by atoms with Crippen molar-refractivity contribution in [1.82, 2.24) is 0 Å². The number of amides is 1. The van der Waals surface area contributed by atoms with Crippen molar-refractivity contribution in [1.29, 1.82) is 0 Å². The smallest absolute Gasteiger partial charge is 0.291 e. The fraction of sp³-hybridized carbons (Fsp3) is 0. The first-order chi connectivity index (χ1) is 8.08. The van der Waals surface area contributed by atoms with Crippen LogP contribution in [0, 0.1) is 17.5 Å². The Hall–Kier alpha value is -2.24. The minimum absolute atomic E-state index is 0.0888. The topological polar surface area (TPSA) is 42.2 Å². The highest BCUT2D eigenvalue weighted by atomic mass is 19.2. The second-order valence-corrected chi connectivity index (χ2v) is 3.18. The average molecular weight is 241 g/mol. The number of rotatable bonds is 2. The van der Waals surface area contributed by atoms with Gasteiger partial charge in [-0.15, -0.1) is 0 Å². The second-order valence-electron chi connectivity index (χ2n) is 3.18. The standard InChI is InChI=1S/C11H6F3NO2/c12-6-4-7(13)10(14)8(5-6)15-11(16)9-2-1-3-17-9/h1-5H,(H,15,16). The van der Waals surface area contributed by atoms with Crippen LogP contribution in [0.25, 0.3) is 0 Å². The summed E-state index contributed by atoms with van der Waals surface area (Å²) in [5.41, 5.74) is -0.580. The Kier molecular flexibility index (Phi) is 2.86. The van der Waals surface area contributed by atoms with Crippen molar-refractivity contribution in [2.24, 2.45) is 0 Å². The van der Waals surface area contributed by atoms with Crippen molar-refractivity contribution < 1.29 is 22.4 Å². The monoisotopic (exact) mass is 241 g/mol. The number of nitrogens with one attached hydrogen (secondary N) is 1. The predicted molar refractivity (Wildman–Crippen MR) is 53.0 cm³/mol. The summed E-state index contributed by atoms with van der Waals surface area (Å²) in [6.45, 7) is 0. The van der Waals surface area contributed by atoms with Gasteiger partial charge in [-0.05, 0) is 12.1 Å². The third-order valence-corrected chi connectivity index (χ3v) is 1.99. The Morgan fingerprint density at radius 3 is 2.65 bits per heavy atom. The van der Waals surface area contributed by atoms with Gasteiger partial charge in [0, 0.05) is 12.1 Å². The molecular weight excluding hydrogens is 235 g/mol. The van der Waals surface area contributed by atoms with E-state index in [1.54, 1.807) is 0 Å². The van der Waals surface area contributed by atoms with E-state index in [9.17, 15) is 18.0 Å². The fourth-order valence-corrected chi connectivity index (χ4v) is 1.24. The molecule has 1 heterocycles. The Balaban J connectivity index is 2.28. The molecule has 0 radical (unpaired) electrons. The van der Waals surface area contributed by atoms with E-state index >= 15 is 0 Å². The molecule has 0 aliphatic rings. The van der Waals surface area contributed by atoms with Crippen LogP contribution >= 0.6 is 0 Å². The average Bonchev–Trinajstić information content (AvgIpc) is 2.78. The summed E-state index contributed by atoms with van der Waals surface area (Å²) in [4.78, 5) is 11.4. The molecule has 0 saturated heterocycles. The first-order valence-corrected chi connectivity index (χ1v) is 4.57. The summed E-state index contributed by atoms with van der Waals surface area (Å²) < 4.78 is 43.6. The van der Waals surface area contributed by atoms with Crippen molar-refractivity contribution in [3.8, 4) is 0 Å². The minimum atomic E-state index is -1.38. The molecule has 3 nitrogen and oxygen atoms in total. The van der Waals surface area contributed by atoms with Crippen LogP contribution in [0.15, 0.2) is 34.9 Å². The van der Waals surface area contributed by atoms with Gasteiger partial charge in [-0.2, -0.15) is 0 Å². The van der Waals surface area contributed by atoms with Crippen LogP contribution in [0.2, 0.25) is 0 Å². The van der Waals surface area contributed by atoms with Gasteiger partial charge in [0.1, 0.15) is 5.82 Å². The van der Waals surface area contributed by atoms with E-state index in [2.05, 4.69) is 0 Å². The van der Waals surface area contributed by atoms with Crippen LogP contribution in [0.1, 0.15) is 10.6 Å². The zero-order valence-electron chi connectivity index (χ0n) is 8.34. The number of carbonyl (C=O) groups is 1. The maximum Gasteiger partial charge on any atom is 0.291 e. The second kappa shape index (κ2) is 4.32. The molecule has 0 bridgehead atoms. The van der Waals surface area contributed by atoms with E-state index in [1.165, 1.54) is 18.4 Å². The van der Waals surface area contributed by atoms with E-state index in [0.717, 1.165) is 0 Å². The van der Waals surface area contributed by atoms with Crippen molar-refractivity contribution in [2.75, 3.05) is 5.32 Å². The van der Waals surface area contributed by atoms with Crippen LogP contribution in [0.4, 0.5) is 18.9 Å². The molecule has 0 aliphatic carbocycles. The zero-order valence-corrected chi connectivity index (χ0v) is 8.34. The van der Waals surface area contributed by atoms with E-state index in [0.29, 0.717) is 12.1 Å². The van der Waals surface area contributed by atoms with E-state index < -0.39 is 29.0 Å². The van der Waals surface area contributed by atoms with Crippen molar-refractivity contribution >= 4 is 11.6 Å². The lowest BCUT2D eigenvalue weighted by Crippen LogP contribution is -2.13. The molecule has 1 N–H and O–H groups in total. The molecule has 2 aromatic rings. The first-order valence-electron chi connectivity index (χ1n) is 4.57. The quantitative estimate of drug-likeness (QED) is 0.821. The van der Waals surface area contributed by atoms with Crippen LogP contribution in [0.3, 0.4) is 0 Å². The van der Waals surface area contributed by atoms with Gasteiger partial charge in [0.05, 0.1) is 12.0 Å². The zero-order chi connectivity index (χ0) is 12.4. The molecule has 6 heteroatoms. The summed E-state index contributed by atoms with van der Waals surface area (Å²) in [7, 11) is 0. The molecule has 17 heavy (non-hydrogen) atoms. The maximum absolute atomic E-state index is 13.2. The molecule has 2 rings (SSSR count). The van der Waals surface area contributed by atoms with E-state index in [1.807, 2.05) is 5.32 Å². The molecule has 1 aromatic carbocycles. The first kappa shape index (κ1) is 11.3. The number of furan rings is 1. The minimum Gasteiger partial charge on any atom is -0.459 e. The van der Waals surface area contributed by atoms with E-state index in [-0.39, 0.29) is 5.76 Å². The highest BCUT2D eigenvalue weighted by molar-refractivity contribution is 6.02. The number of anilines is 1. The van der Waals surface area contributed by atoms with Crippen molar-refractivity contribution in [3.05, 3.63) is 53.7 Å². The molecule has 0 aliphatic heterocycles. The van der Waals surface area contributed by atoms with Gasteiger partial charge in [0.25, 0.3) is 5.91 Å². The fourth-order valence-electron chi connectivity index (χ4n) is 1.24. The Morgan fingerprint density at radius 2 is 2.00 bits per heavy atom. The molecule has 88 valence electrons. The van der Waals surface area contributed by atoms with Crippen LogP contribution in [-0.2, 0) is 0 Å². The normalized spacial score (nSPS) is 10.3. The van der Waals surface area contributed by atoms with Gasteiger partial charge in [-0.25, -0.2) is 13.2 Å². The van der Waals surface area contributed by atoms with Crippen molar-refractivity contribution in [2.45, 2.75) is 0 Å². The highest BCUT2D eigenvalue weighted by Crippen LogP contribution is 2.19. The van der Waals surface area contributed by atoms with Crippen LogP contribution in [-0.4, -0.2) is 5.91 Å². The summed E-state index contributed by atoms with van der Waals surface area (Å²) >= 11 is 0. The third-order valence-electron chi connectivity index (χ3n) is 1.99. The lowest BCUT2D eigenvalue weighted by atomic mass is 10.2. The summed E-state index contributed by atoms with van der Waals surface area (Å²) in [6, 6.07) is 3.86. The molecule has 1 amide bonds. The number of hydrogen-bond donors (Lipinski definition) is 1.